The van der Waals surface area contributed by atoms with E-state index in [2.05, 4.69) is 48.9 Å². The Bertz CT molecular complexity index is 403. The molecule has 2 N–H and O–H groups in total. The summed E-state index contributed by atoms with van der Waals surface area (Å²) in [6.07, 6.45) is 1.22. The second kappa shape index (κ2) is 5.72. The minimum Gasteiger partial charge on any atom is -0.369 e. The van der Waals surface area contributed by atoms with E-state index >= 15 is 0 Å². The van der Waals surface area contributed by atoms with Crippen LogP contribution in [0.2, 0.25) is 0 Å². The average Bonchev–Trinajstić information content (AvgIpc) is 2.39. The predicted octanol–water partition coefficient (Wildman–Crippen LogP) is 1.98. The minimum atomic E-state index is 0.631. The molecule has 0 spiro atoms. The SMILES string of the molecule is CCC1CN(c2ccc(CN)c(C)c2)CCN1C. The molecule has 1 atom stereocenters. The van der Waals surface area contributed by atoms with Gasteiger partial charge in [-0.05, 0) is 43.7 Å². The molecule has 1 aromatic carbocycles. The third kappa shape index (κ3) is 2.68. The molecule has 100 valence electrons. The minimum absolute atomic E-state index is 0.631. The lowest BCUT2D eigenvalue weighted by molar-refractivity contribution is 0.213. The lowest BCUT2D eigenvalue weighted by Gasteiger charge is -2.40. The van der Waals surface area contributed by atoms with Crippen molar-refractivity contribution in [3.8, 4) is 0 Å². The molecule has 1 aliphatic heterocycles. The van der Waals surface area contributed by atoms with Gasteiger partial charge in [-0.25, -0.2) is 0 Å². The molecule has 1 heterocycles. The second-order valence-electron chi connectivity index (χ2n) is 5.30. The molecule has 0 radical (unpaired) electrons. The zero-order valence-electron chi connectivity index (χ0n) is 11.8. The summed E-state index contributed by atoms with van der Waals surface area (Å²) in [5, 5.41) is 0. The number of rotatable bonds is 3. The molecule has 0 bridgehead atoms. The van der Waals surface area contributed by atoms with Crippen LogP contribution in [0.5, 0.6) is 0 Å². The van der Waals surface area contributed by atoms with Crippen LogP contribution in [0.1, 0.15) is 24.5 Å². The molecule has 1 aromatic rings. The van der Waals surface area contributed by atoms with Gasteiger partial charge in [0.05, 0.1) is 0 Å². The molecular formula is C15H25N3. The van der Waals surface area contributed by atoms with Crippen molar-refractivity contribution in [1.82, 2.24) is 4.90 Å². The largest absolute Gasteiger partial charge is 0.369 e. The summed E-state index contributed by atoms with van der Waals surface area (Å²) < 4.78 is 0. The summed E-state index contributed by atoms with van der Waals surface area (Å²) in [7, 11) is 2.23. The van der Waals surface area contributed by atoms with Crippen molar-refractivity contribution >= 4 is 5.69 Å². The fourth-order valence-corrected chi connectivity index (χ4v) is 2.73. The van der Waals surface area contributed by atoms with E-state index in [9.17, 15) is 0 Å². The number of benzene rings is 1. The summed E-state index contributed by atoms with van der Waals surface area (Å²) in [6, 6.07) is 7.34. The zero-order valence-corrected chi connectivity index (χ0v) is 11.8. The van der Waals surface area contributed by atoms with Gasteiger partial charge in [-0.1, -0.05) is 13.0 Å². The normalized spacial score (nSPS) is 21.3. The Morgan fingerprint density at radius 1 is 1.33 bits per heavy atom. The Hall–Kier alpha value is -1.06. The van der Waals surface area contributed by atoms with Crippen molar-refractivity contribution in [3.63, 3.8) is 0 Å². The molecule has 1 aliphatic rings. The molecule has 3 nitrogen and oxygen atoms in total. The van der Waals surface area contributed by atoms with Gasteiger partial charge in [0.25, 0.3) is 0 Å². The molecular weight excluding hydrogens is 222 g/mol. The Kier molecular flexibility index (Phi) is 4.25. The van der Waals surface area contributed by atoms with E-state index in [-0.39, 0.29) is 0 Å². The molecule has 0 aromatic heterocycles. The molecule has 0 saturated carbocycles. The van der Waals surface area contributed by atoms with E-state index in [1.807, 2.05) is 0 Å². The first-order valence-electron chi connectivity index (χ1n) is 6.90. The monoisotopic (exact) mass is 247 g/mol. The van der Waals surface area contributed by atoms with Crippen molar-refractivity contribution in [2.24, 2.45) is 5.73 Å². The number of piperazine rings is 1. The Morgan fingerprint density at radius 3 is 2.72 bits per heavy atom. The van der Waals surface area contributed by atoms with E-state index in [1.54, 1.807) is 0 Å². The first-order valence-corrected chi connectivity index (χ1v) is 6.90. The average molecular weight is 247 g/mol. The van der Waals surface area contributed by atoms with Gasteiger partial charge in [0, 0.05) is 37.9 Å². The number of nitrogens with two attached hydrogens (primary N) is 1. The third-order valence-electron chi connectivity index (χ3n) is 4.16. The molecule has 0 amide bonds. The Balaban J connectivity index is 2.14. The molecule has 1 saturated heterocycles. The van der Waals surface area contributed by atoms with Crippen molar-refractivity contribution in [1.29, 1.82) is 0 Å². The van der Waals surface area contributed by atoms with Crippen LogP contribution in [0.3, 0.4) is 0 Å². The van der Waals surface area contributed by atoms with Gasteiger partial charge in [-0.3, -0.25) is 4.90 Å². The number of nitrogens with zero attached hydrogens (tertiary/aromatic N) is 2. The van der Waals surface area contributed by atoms with E-state index in [0.717, 1.165) is 19.6 Å². The predicted molar refractivity (Wildman–Crippen MR) is 78.0 cm³/mol. The third-order valence-corrected chi connectivity index (χ3v) is 4.16. The first kappa shape index (κ1) is 13.4. The van der Waals surface area contributed by atoms with Crippen LogP contribution >= 0.6 is 0 Å². The van der Waals surface area contributed by atoms with E-state index in [0.29, 0.717) is 12.6 Å². The summed E-state index contributed by atoms with van der Waals surface area (Å²) in [5.41, 5.74) is 9.62. The van der Waals surface area contributed by atoms with Crippen LogP contribution in [0, 0.1) is 6.92 Å². The number of hydrogen-bond acceptors (Lipinski definition) is 3. The van der Waals surface area contributed by atoms with Gasteiger partial charge in [-0.15, -0.1) is 0 Å². The molecule has 2 rings (SSSR count). The van der Waals surface area contributed by atoms with Crippen molar-refractivity contribution in [2.45, 2.75) is 32.9 Å². The maximum atomic E-state index is 5.72. The zero-order chi connectivity index (χ0) is 13.1. The highest BCUT2D eigenvalue weighted by Gasteiger charge is 2.22. The molecule has 0 aliphatic carbocycles. The van der Waals surface area contributed by atoms with E-state index < -0.39 is 0 Å². The van der Waals surface area contributed by atoms with Gasteiger partial charge in [0.2, 0.25) is 0 Å². The molecule has 18 heavy (non-hydrogen) atoms. The highest BCUT2D eigenvalue weighted by Crippen LogP contribution is 2.22. The lowest BCUT2D eigenvalue weighted by atomic mass is 10.1. The summed E-state index contributed by atoms with van der Waals surface area (Å²) in [4.78, 5) is 4.97. The second-order valence-corrected chi connectivity index (χ2v) is 5.30. The standard InChI is InChI=1S/C15H25N3/c1-4-14-11-18(8-7-17(14)3)15-6-5-13(10-16)12(2)9-15/h5-6,9,14H,4,7-8,10-11,16H2,1-3H3. The van der Waals surface area contributed by atoms with E-state index in [1.165, 1.54) is 23.2 Å². The van der Waals surface area contributed by atoms with Crippen LogP contribution < -0.4 is 10.6 Å². The number of likely N-dealkylation sites (N-methyl/N-ethyl adjacent to an activating group) is 1. The quantitative estimate of drug-likeness (QED) is 0.886. The summed E-state index contributed by atoms with van der Waals surface area (Å²) in [5.74, 6) is 0. The maximum Gasteiger partial charge on any atom is 0.0370 e. The summed E-state index contributed by atoms with van der Waals surface area (Å²) in [6.45, 7) is 8.46. The fraction of sp³-hybridized carbons (Fsp3) is 0.600. The highest BCUT2D eigenvalue weighted by atomic mass is 15.3. The Morgan fingerprint density at radius 2 is 2.11 bits per heavy atom. The first-order chi connectivity index (χ1) is 8.65. The van der Waals surface area contributed by atoms with Crippen LogP contribution in [-0.4, -0.2) is 37.6 Å². The topological polar surface area (TPSA) is 32.5 Å². The molecule has 3 heteroatoms. The lowest BCUT2D eigenvalue weighted by Crippen LogP contribution is -2.51. The molecule has 1 unspecified atom stereocenters. The van der Waals surface area contributed by atoms with Gasteiger partial charge in [0.15, 0.2) is 0 Å². The summed E-state index contributed by atoms with van der Waals surface area (Å²) >= 11 is 0. The number of hydrogen-bond donors (Lipinski definition) is 1. The maximum absolute atomic E-state index is 5.72. The van der Waals surface area contributed by atoms with Gasteiger partial charge >= 0.3 is 0 Å². The van der Waals surface area contributed by atoms with Gasteiger partial charge in [0.1, 0.15) is 0 Å². The van der Waals surface area contributed by atoms with Gasteiger partial charge in [-0.2, -0.15) is 0 Å². The van der Waals surface area contributed by atoms with Crippen LogP contribution in [0.25, 0.3) is 0 Å². The highest BCUT2D eigenvalue weighted by molar-refractivity contribution is 5.51. The molecule has 1 fully saturated rings. The van der Waals surface area contributed by atoms with Crippen LogP contribution in [0.4, 0.5) is 5.69 Å². The van der Waals surface area contributed by atoms with E-state index in [4.69, 9.17) is 5.73 Å². The smallest absolute Gasteiger partial charge is 0.0370 e. The Labute approximate surface area is 111 Å². The van der Waals surface area contributed by atoms with Crippen molar-refractivity contribution in [3.05, 3.63) is 29.3 Å². The van der Waals surface area contributed by atoms with Gasteiger partial charge < -0.3 is 10.6 Å². The van der Waals surface area contributed by atoms with Crippen LogP contribution in [0.15, 0.2) is 18.2 Å². The van der Waals surface area contributed by atoms with Crippen molar-refractivity contribution < 1.29 is 0 Å². The van der Waals surface area contributed by atoms with Crippen LogP contribution in [-0.2, 0) is 6.54 Å². The van der Waals surface area contributed by atoms with Crippen molar-refractivity contribution in [2.75, 3.05) is 31.6 Å². The number of anilines is 1. The fourth-order valence-electron chi connectivity index (χ4n) is 2.73. The number of aryl methyl sites for hydroxylation is 1.